The van der Waals surface area contributed by atoms with Crippen molar-refractivity contribution in [2.75, 3.05) is 6.61 Å². The highest BCUT2D eigenvalue weighted by Crippen LogP contribution is 2.78. The smallest absolute Gasteiger partial charge is 0.190 e. The van der Waals surface area contributed by atoms with Gasteiger partial charge in [-0.3, -0.25) is 9.59 Å². The Balaban J connectivity index is 1.52. The molecule has 0 unspecified atom stereocenters. The van der Waals surface area contributed by atoms with E-state index in [0.29, 0.717) is 17.6 Å². The second-order valence-electron chi connectivity index (χ2n) is 14.3. The molecule has 4 rings (SSSR count). The number of aliphatic hydroxyl groups excluding tert-OH is 1. The van der Waals surface area contributed by atoms with Gasteiger partial charge in [0.1, 0.15) is 11.2 Å². The first kappa shape index (κ1) is 32.5. The lowest BCUT2D eigenvalue weighted by molar-refractivity contribution is -0.245. The van der Waals surface area contributed by atoms with Crippen LogP contribution in [0, 0.1) is 29.1 Å². The molecule has 8 atom stereocenters. The van der Waals surface area contributed by atoms with Crippen molar-refractivity contribution in [3.05, 3.63) is 23.3 Å². The molecule has 0 amide bonds. The van der Waals surface area contributed by atoms with Crippen LogP contribution < -0.4 is 0 Å². The van der Waals surface area contributed by atoms with Crippen LogP contribution in [-0.4, -0.2) is 66.1 Å². The van der Waals surface area contributed by atoms with Crippen LogP contribution in [0.4, 0.5) is 0 Å². The van der Waals surface area contributed by atoms with Crippen LogP contribution in [0.2, 0.25) is 0 Å². The molecule has 0 aromatic rings. The number of unbranched alkanes of at least 4 members (excludes halogenated alkanes) is 10. The summed E-state index contributed by atoms with van der Waals surface area (Å²) in [6, 6.07) is 0. The lowest BCUT2D eigenvalue weighted by Gasteiger charge is -2.56. The molecule has 0 heterocycles. The minimum atomic E-state index is -2.25. The van der Waals surface area contributed by atoms with Crippen molar-refractivity contribution >= 4 is 11.6 Å². The lowest BCUT2D eigenvalue weighted by Crippen LogP contribution is -2.72. The predicted octanol–water partition coefficient (Wildman–Crippen LogP) is 4.57. The molecule has 4 aliphatic carbocycles. The average Bonchev–Trinajstić information content (AvgIpc) is 3.34. The number of ketones is 2. The summed E-state index contributed by atoms with van der Waals surface area (Å²) < 4.78 is 0. The summed E-state index contributed by atoms with van der Waals surface area (Å²) in [6.45, 7) is 8.55. The van der Waals surface area contributed by atoms with E-state index < -0.39 is 69.7 Å². The SMILES string of the molecule is CCCCCCCCCCCCCC(=O)[C@@]1(O)[C@@H](C)[C@@]2(O)[C@@H](C=C(CO)C[C@]3(O)C(=O)C(C)=C[C@@H]23)[C@@H]2C(C)(C)[C@@]21O. The Morgan fingerprint density at radius 2 is 1.44 bits per heavy atom. The third kappa shape index (κ3) is 4.73. The van der Waals surface area contributed by atoms with Gasteiger partial charge < -0.3 is 25.5 Å². The summed E-state index contributed by atoms with van der Waals surface area (Å²) in [5.41, 5.74) is -8.13. The normalized spacial score (nSPS) is 40.7. The number of hydrogen-bond acceptors (Lipinski definition) is 7. The number of carbonyl (C=O) groups excluding carboxylic acids is 2. The Morgan fingerprint density at radius 3 is 1.98 bits per heavy atom. The van der Waals surface area contributed by atoms with Crippen LogP contribution in [0.5, 0.6) is 0 Å². The standard InChI is InChI=1S/C34H54O7/c1-6-7-8-9-10-11-12-13-14-15-16-17-27(36)33(40)23(3)32(39)25(28-30(4,5)34(28,33)41)19-24(21-35)20-31(38)26(32)18-22(2)29(31)37/h18-19,23,25-26,28,35,38-41H,6-17,20-21H2,1-5H3/t23-,25-,26+,28+,31+,32+,33-,34-/m0/s1. The summed E-state index contributed by atoms with van der Waals surface area (Å²) in [5.74, 6) is -4.75. The van der Waals surface area contributed by atoms with E-state index in [1.807, 2.05) is 0 Å². The van der Waals surface area contributed by atoms with Crippen molar-refractivity contribution in [1.82, 2.24) is 0 Å². The third-order valence-electron chi connectivity index (χ3n) is 11.6. The molecule has 0 aromatic carbocycles. The van der Waals surface area contributed by atoms with E-state index in [1.165, 1.54) is 44.9 Å². The van der Waals surface area contributed by atoms with Crippen LogP contribution in [0.1, 0.15) is 118 Å². The molecule has 0 spiro atoms. The molecule has 41 heavy (non-hydrogen) atoms. The van der Waals surface area contributed by atoms with Crippen molar-refractivity contribution in [2.45, 2.75) is 140 Å². The highest BCUT2D eigenvalue weighted by molar-refractivity contribution is 6.05. The predicted molar refractivity (Wildman–Crippen MR) is 158 cm³/mol. The largest absolute Gasteiger partial charge is 0.392 e. The Kier molecular flexibility index (Phi) is 9.21. The minimum Gasteiger partial charge on any atom is -0.392 e. The molecule has 2 fully saturated rings. The van der Waals surface area contributed by atoms with Crippen molar-refractivity contribution in [1.29, 1.82) is 0 Å². The quantitative estimate of drug-likeness (QED) is 0.151. The molecule has 0 radical (unpaired) electrons. The molecule has 5 N–H and O–H groups in total. The van der Waals surface area contributed by atoms with Crippen molar-refractivity contribution < 1.29 is 35.1 Å². The fourth-order valence-electron chi connectivity index (χ4n) is 9.16. The Labute approximate surface area is 246 Å². The second kappa shape index (κ2) is 11.6. The molecule has 0 saturated heterocycles. The maximum atomic E-state index is 13.9. The number of carbonyl (C=O) groups is 2. The highest BCUT2D eigenvalue weighted by Gasteiger charge is 2.90. The molecule has 2 saturated carbocycles. The Hall–Kier alpha value is -1.38. The highest BCUT2D eigenvalue weighted by atomic mass is 16.4. The number of aliphatic hydroxyl groups is 5. The van der Waals surface area contributed by atoms with Crippen molar-refractivity contribution in [3.8, 4) is 0 Å². The van der Waals surface area contributed by atoms with Gasteiger partial charge in [0.05, 0.1) is 12.2 Å². The van der Waals surface area contributed by atoms with E-state index in [2.05, 4.69) is 6.92 Å². The van der Waals surface area contributed by atoms with Crippen LogP contribution in [0.3, 0.4) is 0 Å². The number of Topliss-reactive ketones (excluding diaryl/α,β-unsaturated/α-hetero) is 2. The molecule has 4 aliphatic rings. The summed E-state index contributed by atoms with van der Waals surface area (Å²) in [6.07, 6.45) is 15.6. The third-order valence-corrected chi connectivity index (χ3v) is 11.6. The van der Waals surface area contributed by atoms with Gasteiger partial charge in [0, 0.05) is 41.9 Å². The minimum absolute atomic E-state index is 0.0875. The van der Waals surface area contributed by atoms with Gasteiger partial charge in [0.15, 0.2) is 17.2 Å². The van der Waals surface area contributed by atoms with Gasteiger partial charge in [0.25, 0.3) is 0 Å². The first-order valence-electron chi connectivity index (χ1n) is 16.2. The maximum Gasteiger partial charge on any atom is 0.190 e. The van der Waals surface area contributed by atoms with E-state index in [0.717, 1.165) is 19.3 Å². The molecule has 7 nitrogen and oxygen atoms in total. The molecular formula is C34H54O7. The van der Waals surface area contributed by atoms with Crippen LogP contribution in [0.15, 0.2) is 23.3 Å². The zero-order valence-electron chi connectivity index (χ0n) is 25.9. The Morgan fingerprint density at radius 1 is 0.902 bits per heavy atom. The summed E-state index contributed by atoms with van der Waals surface area (Å²) in [7, 11) is 0. The first-order chi connectivity index (χ1) is 19.2. The summed E-state index contributed by atoms with van der Waals surface area (Å²) in [4.78, 5) is 27.1. The first-order valence-corrected chi connectivity index (χ1v) is 16.2. The Bertz CT molecular complexity index is 1080. The monoisotopic (exact) mass is 574 g/mol. The van der Waals surface area contributed by atoms with Crippen LogP contribution in [-0.2, 0) is 9.59 Å². The van der Waals surface area contributed by atoms with Crippen molar-refractivity contribution in [3.63, 3.8) is 0 Å². The number of fused-ring (bicyclic) bond motifs is 5. The van der Waals surface area contributed by atoms with Crippen LogP contribution in [0.25, 0.3) is 0 Å². The van der Waals surface area contributed by atoms with E-state index in [9.17, 15) is 35.1 Å². The van der Waals surface area contributed by atoms with Crippen molar-refractivity contribution in [2.24, 2.45) is 29.1 Å². The fraction of sp³-hybridized carbons (Fsp3) is 0.824. The van der Waals surface area contributed by atoms with Gasteiger partial charge in [-0.1, -0.05) is 104 Å². The molecule has 0 aromatic heterocycles. The molecule has 0 aliphatic heterocycles. The zero-order valence-corrected chi connectivity index (χ0v) is 25.9. The van der Waals surface area contributed by atoms with Gasteiger partial charge in [-0.05, 0) is 24.5 Å². The maximum absolute atomic E-state index is 13.9. The lowest BCUT2D eigenvalue weighted by atomic mass is 9.54. The van der Waals surface area contributed by atoms with E-state index in [4.69, 9.17) is 0 Å². The number of rotatable bonds is 14. The summed E-state index contributed by atoms with van der Waals surface area (Å²) >= 11 is 0. The van der Waals surface area contributed by atoms with Gasteiger partial charge in [-0.2, -0.15) is 0 Å². The zero-order chi connectivity index (χ0) is 30.4. The number of hydrogen-bond donors (Lipinski definition) is 5. The van der Waals surface area contributed by atoms with Crippen LogP contribution >= 0.6 is 0 Å². The van der Waals surface area contributed by atoms with E-state index >= 15 is 0 Å². The fourth-order valence-corrected chi connectivity index (χ4v) is 9.16. The van der Waals surface area contributed by atoms with E-state index in [-0.39, 0.29) is 12.8 Å². The topological polar surface area (TPSA) is 135 Å². The van der Waals surface area contributed by atoms with Gasteiger partial charge in [0.2, 0.25) is 0 Å². The van der Waals surface area contributed by atoms with E-state index in [1.54, 1.807) is 39.8 Å². The molecule has 7 heteroatoms. The molecule has 232 valence electrons. The van der Waals surface area contributed by atoms with Gasteiger partial charge >= 0.3 is 0 Å². The van der Waals surface area contributed by atoms with Gasteiger partial charge in [-0.15, -0.1) is 0 Å². The molecular weight excluding hydrogens is 520 g/mol. The summed E-state index contributed by atoms with van der Waals surface area (Å²) in [5, 5.41) is 58.9. The molecule has 0 bridgehead atoms. The second-order valence-corrected chi connectivity index (χ2v) is 14.3. The van der Waals surface area contributed by atoms with Gasteiger partial charge in [-0.25, -0.2) is 0 Å². The average molecular weight is 575 g/mol.